The molecule has 4 rings (SSSR count). The smallest absolute Gasteiger partial charge is 0.261 e. The van der Waals surface area contributed by atoms with Crippen LogP contribution >= 0.6 is 11.8 Å². The lowest BCUT2D eigenvalue weighted by atomic mass is 10.2. The number of Topliss-reactive ketones (excluding diaryl/α,β-unsaturated/α-hetero) is 1. The van der Waals surface area contributed by atoms with Crippen LogP contribution in [0.2, 0.25) is 0 Å². The SMILES string of the molecule is Cc1cc(C(=O)CSc2nc3ccccc3c(=O)n2C)c(C)n1Cc1ccc(F)cc1. The molecule has 2 heterocycles. The molecule has 2 aromatic heterocycles. The average molecular weight is 436 g/mol. The highest BCUT2D eigenvalue weighted by atomic mass is 32.2. The molecule has 31 heavy (non-hydrogen) atoms. The van der Waals surface area contributed by atoms with Crippen LogP contribution in [0.3, 0.4) is 0 Å². The maximum absolute atomic E-state index is 13.2. The summed E-state index contributed by atoms with van der Waals surface area (Å²) in [7, 11) is 1.67. The maximum atomic E-state index is 13.2. The van der Waals surface area contributed by atoms with Crippen molar-refractivity contribution in [2.75, 3.05) is 5.75 Å². The van der Waals surface area contributed by atoms with Crippen molar-refractivity contribution in [2.45, 2.75) is 25.5 Å². The second-order valence-corrected chi connectivity index (χ2v) is 8.43. The Hall–Kier alpha value is -3.19. The summed E-state index contributed by atoms with van der Waals surface area (Å²) in [5.41, 5.74) is 3.94. The van der Waals surface area contributed by atoms with Crippen molar-refractivity contribution in [2.24, 2.45) is 7.05 Å². The minimum absolute atomic E-state index is 0.0223. The second-order valence-electron chi connectivity index (χ2n) is 7.48. The summed E-state index contributed by atoms with van der Waals surface area (Å²) in [6, 6.07) is 15.4. The first-order valence-electron chi connectivity index (χ1n) is 9.88. The Morgan fingerprint density at radius 2 is 1.81 bits per heavy atom. The van der Waals surface area contributed by atoms with Crippen LogP contribution < -0.4 is 5.56 Å². The van der Waals surface area contributed by atoms with Gasteiger partial charge in [0.1, 0.15) is 5.82 Å². The number of carbonyl (C=O) groups is 1. The molecule has 2 aromatic carbocycles. The van der Waals surface area contributed by atoms with E-state index in [1.165, 1.54) is 28.5 Å². The molecule has 0 N–H and O–H groups in total. The molecule has 0 aliphatic heterocycles. The van der Waals surface area contributed by atoms with E-state index < -0.39 is 0 Å². The molecular formula is C24H22FN3O2S. The first-order valence-corrected chi connectivity index (χ1v) is 10.9. The fourth-order valence-electron chi connectivity index (χ4n) is 3.63. The number of para-hydroxylation sites is 1. The van der Waals surface area contributed by atoms with E-state index in [0.717, 1.165) is 17.0 Å². The number of thioether (sulfide) groups is 1. The van der Waals surface area contributed by atoms with Gasteiger partial charge in [-0.1, -0.05) is 36.0 Å². The number of fused-ring (bicyclic) bond motifs is 1. The molecule has 0 fully saturated rings. The monoisotopic (exact) mass is 435 g/mol. The number of benzene rings is 2. The zero-order valence-corrected chi connectivity index (χ0v) is 18.4. The third-order valence-corrected chi connectivity index (χ3v) is 6.43. The van der Waals surface area contributed by atoms with Crippen molar-refractivity contribution in [3.8, 4) is 0 Å². The van der Waals surface area contributed by atoms with Gasteiger partial charge in [0.05, 0.1) is 16.7 Å². The predicted octanol–water partition coefficient (Wildman–Crippen LogP) is 4.51. The van der Waals surface area contributed by atoms with E-state index in [9.17, 15) is 14.0 Å². The lowest BCUT2D eigenvalue weighted by Gasteiger charge is -2.10. The van der Waals surface area contributed by atoms with Gasteiger partial charge in [-0.2, -0.15) is 0 Å². The number of hydrogen-bond donors (Lipinski definition) is 0. The van der Waals surface area contributed by atoms with Crippen molar-refractivity contribution in [1.82, 2.24) is 14.1 Å². The number of nitrogens with zero attached hydrogens (tertiary/aromatic N) is 3. The van der Waals surface area contributed by atoms with E-state index in [4.69, 9.17) is 0 Å². The number of hydrogen-bond acceptors (Lipinski definition) is 4. The van der Waals surface area contributed by atoms with Gasteiger partial charge >= 0.3 is 0 Å². The molecule has 4 aromatic rings. The molecule has 0 radical (unpaired) electrons. The quantitative estimate of drug-likeness (QED) is 0.254. The summed E-state index contributed by atoms with van der Waals surface area (Å²) >= 11 is 1.26. The van der Waals surface area contributed by atoms with Gasteiger partial charge in [-0.3, -0.25) is 14.2 Å². The molecule has 0 aliphatic rings. The highest BCUT2D eigenvalue weighted by Gasteiger charge is 2.18. The third kappa shape index (κ3) is 4.18. The zero-order chi connectivity index (χ0) is 22.1. The van der Waals surface area contributed by atoms with E-state index in [1.807, 2.05) is 32.0 Å². The lowest BCUT2D eigenvalue weighted by Crippen LogP contribution is -2.20. The first-order chi connectivity index (χ1) is 14.8. The van der Waals surface area contributed by atoms with E-state index >= 15 is 0 Å². The Bertz CT molecular complexity index is 1340. The van der Waals surface area contributed by atoms with E-state index in [0.29, 0.717) is 28.2 Å². The van der Waals surface area contributed by atoms with Crippen LogP contribution in [0.15, 0.2) is 64.5 Å². The van der Waals surface area contributed by atoms with Gasteiger partial charge in [0.2, 0.25) is 0 Å². The van der Waals surface area contributed by atoms with Crippen LogP contribution in [0.5, 0.6) is 0 Å². The number of aromatic nitrogens is 3. The molecule has 0 spiro atoms. The highest BCUT2D eigenvalue weighted by Crippen LogP contribution is 2.22. The Labute approximate surface area is 183 Å². The highest BCUT2D eigenvalue weighted by molar-refractivity contribution is 7.99. The summed E-state index contributed by atoms with van der Waals surface area (Å²) < 4.78 is 16.7. The van der Waals surface area contributed by atoms with E-state index in [-0.39, 0.29) is 22.9 Å². The van der Waals surface area contributed by atoms with Gasteiger partial charge in [0, 0.05) is 30.5 Å². The molecule has 7 heteroatoms. The van der Waals surface area contributed by atoms with Crippen LogP contribution in [-0.2, 0) is 13.6 Å². The maximum Gasteiger partial charge on any atom is 0.261 e. The Kier molecular flexibility index (Phi) is 5.78. The average Bonchev–Trinajstić information content (AvgIpc) is 3.05. The second kappa shape index (κ2) is 8.51. The summed E-state index contributed by atoms with van der Waals surface area (Å²) in [5.74, 6) is -0.112. The van der Waals surface area contributed by atoms with Crippen LogP contribution in [-0.4, -0.2) is 25.7 Å². The molecule has 0 saturated carbocycles. The van der Waals surface area contributed by atoms with Crippen molar-refractivity contribution in [3.05, 3.63) is 93.3 Å². The number of aryl methyl sites for hydroxylation is 1. The van der Waals surface area contributed by atoms with Crippen LogP contribution in [0.1, 0.15) is 27.3 Å². The van der Waals surface area contributed by atoms with Crippen molar-refractivity contribution >= 4 is 28.4 Å². The molecule has 0 unspecified atom stereocenters. The van der Waals surface area contributed by atoms with Gasteiger partial charge in [-0.05, 0) is 49.7 Å². The summed E-state index contributed by atoms with van der Waals surface area (Å²) in [5, 5.41) is 1.07. The van der Waals surface area contributed by atoms with Crippen LogP contribution in [0.25, 0.3) is 10.9 Å². The molecule has 5 nitrogen and oxygen atoms in total. The molecule has 0 bridgehead atoms. The Morgan fingerprint density at radius 1 is 1.10 bits per heavy atom. The normalized spacial score (nSPS) is 11.2. The van der Waals surface area contributed by atoms with Crippen molar-refractivity contribution in [1.29, 1.82) is 0 Å². The summed E-state index contributed by atoms with van der Waals surface area (Å²) in [4.78, 5) is 30.1. The Balaban J connectivity index is 1.54. The Morgan fingerprint density at radius 3 is 2.55 bits per heavy atom. The van der Waals surface area contributed by atoms with E-state index in [2.05, 4.69) is 9.55 Å². The third-order valence-electron chi connectivity index (χ3n) is 5.40. The zero-order valence-electron chi connectivity index (χ0n) is 17.6. The van der Waals surface area contributed by atoms with Crippen LogP contribution in [0, 0.1) is 19.7 Å². The number of rotatable bonds is 6. The lowest BCUT2D eigenvalue weighted by molar-refractivity contribution is 0.102. The number of ketones is 1. The number of carbonyl (C=O) groups excluding carboxylic acids is 1. The molecule has 0 amide bonds. The van der Waals surface area contributed by atoms with Crippen molar-refractivity contribution < 1.29 is 9.18 Å². The molecule has 0 saturated heterocycles. The topological polar surface area (TPSA) is 56.9 Å². The largest absolute Gasteiger partial charge is 0.344 e. The molecule has 0 aliphatic carbocycles. The fraction of sp³-hybridized carbons (Fsp3) is 0.208. The first kappa shape index (κ1) is 21.1. The van der Waals surface area contributed by atoms with Gasteiger partial charge in [0.15, 0.2) is 10.9 Å². The minimum Gasteiger partial charge on any atom is -0.344 e. The summed E-state index contributed by atoms with van der Waals surface area (Å²) in [6.45, 7) is 4.44. The molecular weight excluding hydrogens is 413 g/mol. The van der Waals surface area contributed by atoms with Crippen LogP contribution in [0.4, 0.5) is 4.39 Å². The van der Waals surface area contributed by atoms with E-state index in [1.54, 1.807) is 31.3 Å². The standard InChI is InChI=1S/C24H22FN3O2S/c1-15-12-20(16(2)28(15)13-17-8-10-18(25)11-9-17)22(29)14-31-24-26-21-7-5-4-6-19(21)23(30)27(24)3/h4-12H,13-14H2,1-3H3. The fourth-order valence-corrected chi connectivity index (χ4v) is 4.49. The van der Waals surface area contributed by atoms with Gasteiger partial charge < -0.3 is 4.57 Å². The molecule has 0 atom stereocenters. The number of halogens is 1. The van der Waals surface area contributed by atoms with Gasteiger partial charge in [0.25, 0.3) is 5.56 Å². The minimum atomic E-state index is -0.269. The van der Waals surface area contributed by atoms with Crippen molar-refractivity contribution in [3.63, 3.8) is 0 Å². The summed E-state index contributed by atoms with van der Waals surface area (Å²) in [6.07, 6.45) is 0. The predicted molar refractivity (Wildman–Crippen MR) is 121 cm³/mol. The van der Waals surface area contributed by atoms with Gasteiger partial charge in [-0.15, -0.1) is 0 Å². The molecule has 158 valence electrons. The van der Waals surface area contributed by atoms with Gasteiger partial charge in [-0.25, -0.2) is 9.37 Å².